The molecular weight excluding hydrogens is 274 g/mol. The molecule has 1 aromatic rings. The van der Waals surface area contributed by atoms with Crippen molar-refractivity contribution in [3.8, 4) is 0 Å². The quantitative estimate of drug-likeness (QED) is 0.757. The van der Waals surface area contributed by atoms with E-state index in [0.717, 1.165) is 37.8 Å². The monoisotopic (exact) mass is 295 g/mol. The Balaban J connectivity index is 2.32. The van der Waals surface area contributed by atoms with Gasteiger partial charge >= 0.3 is 0 Å². The molecule has 0 saturated carbocycles. The summed E-state index contributed by atoms with van der Waals surface area (Å²) in [7, 11) is 0. The Morgan fingerprint density at radius 3 is 2.80 bits per heavy atom. The number of fused-ring (bicyclic) bond motifs is 1. The second kappa shape index (κ2) is 6.57. The Bertz CT molecular complexity index is 560. The molecular formula is C16H22ClNO2. The lowest BCUT2D eigenvalue weighted by Gasteiger charge is -2.15. The van der Waals surface area contributed by atoms with Gasteiger partial charge < -0.3 is 4.57 Å². The number of carbonyl (C=O) groups is 1. The highest BCUT2D eigenvalue weighted by atomic mass is 35.5. The molecule has 0 aliphatic heterocycles. The highest BCUT2D eigenvalue weighted by Crippen LogP contribution is 2.22. The molecule has 0 fully saturated rings. The van der Waals surface area contributed by atoms with E-state index in [1.165, 1.54) is 11.3 Å². The molecule has 2 rings (SSSR count). The van der Waals surface area contributed by atoms with Crippen LogP contribution in [0.25, 0.3) is 0 Å². The minimum absolute atomic E-state index is 0.0733. The van der Waals surface area contributed by atoms with Crippen molar-refractivity contribution in [3.63, 3.8) is 0 Å². The van der Waals surface area contributed by atoms with E-state index in [1.807, 2.05) is 10.6 Å². The summed E-state index contributed by atoms with van der Waals surface area (Å²) in [6, 6.07) is 2.00. The molecule has 0 bridgehead atoms. The number of aromatic nitrogens is 1. The van der Waals surface area contributed by atoms with E-state index in [1.54, 1.807) is 0 Å². The summed E-state index contributed by atoms with van der Waals surface area (Å²) in [6.45, 7) is 5.12. The summed E-state index contributed by atoms with van der Waals surface area (Å²) in [5.74, 6) is 0.576. The lowest BCUT2D eigenvalue weighted by atomic mass is 10.1. The number of hydrogen-bond acceptors (Lipinski definition) is 2. The molecule has 0 saturated heterocycles. The summed E-state index contributed by atoms with van der Waals surface area (Å²) >= 11 is 5.39. The van der Waals surface area contributed by atoms with Crippen LogP contribution in [0.2, 0.25) is 0 Å². The highest BCUT2D eigenvalue weighted by Gasteiger charge is 2.19. The van der Waals surface area contributed by atoms with Crippen LogP contribution in [0, 0.1) is 5.92 Å². The average molecular weight is 296 g/mol. The standard InChI is InChI=1S/C16H22ClNO2/c1-11(2)8-9-18-14-5-3-4-12(14)10-13(16(18)20)6-7-15(17)19/h10-11H,3-9H2,1-2H3. The Kier molecular flexibility index (Phi) is 5.03. The van der Waals surface area contributed by atoms with Gasteiger partial charge in [-0.3, -0.25) is 9.59 Å². The third-order valence-electron chi connectivity index (χ3n) is 3.95. The zero-order chi connectivity index (χ0) is 14.7. The van der Waals surface area contributed by atoms with Crippen molar-refractivity contribution in [1.29, 1.82) is 0 Å². The predicted octanol–water partition coefficient (Wildman–Crippen LogP) is 3.08. The average Bonchev–Trinajstić information content (AvgIpc) is 2.82. The molecule has 110 valence electrons. The lowest BCUT2D eigenvalue weighted by Crippen LogP contribution is -2.27. The molecule has 1 aliphatic carbocycles. The molecule has 20 heavy (non-hydrogen) atoms. The number of aryl methyl sites for hydroxylation is 2. The van der Waals surface area contributed by atoms with Crippen LogP contribution >= 0.6 is 11.6 Å². The molecule has 0 amide bonds. The van der Waals surface area contributed by atoms with Gasteiger partial charge in [0, 0.05) is 24.2 Å². The van der Waals surface area contributed by atoms with Crippen LogP contribution < -0.4 is 5.56 Å². The normalized spacial score (nSPS) is 13.8. The zero-order valence-corrected chi connectivity index (χ0v) is 13.0. The van der Waals surface area contributed by atoms with Gasteiger partial charge in [0.2, 0.25) is 5.24 Å². The van der Waals surface area contributed by atoms with E-state index in [0.29, 0.717) is 12.3 Å². The van der Waals surface area contributed by atoms with E-state index in [4.69, 9.17) is 11.6 Å². The highest BCUT2D eigenvalue weighted by molar-refractivity contribution is 6.63. The molecule has 1 aliphatic rings. The van der Waals surface area contributed by atoms with Crippen molar-refractivity contribution in [3.05, 3.63) is 33.2 Å². The fourth-order valence-electron chi connectivity index (χ4n) is 2.82. The van der Waals surface area contributed by atoms with Crippen LogP contribution in [0.1, 0.15) is 49.9 Å². The molecule has 0 unspecified atom stereocenters. The maximum absolute atomic E-state index is 12.6. The van der Waals surface area contributed by atoms with Gasteiger partial charge in [0.05, 0.1) is 0 Å². The van der Waals surface area contributed by atoms with Crippen LogP contribution in [0.5, 0.6) is 0 Å². The number of hydrogen-bond donors (Lipinski definition) is 0. The van der Waals surface area contributed by atoms with E-state index >= 15 is 0 Å². The van der Waals surface area contributed by atoms with E-state index in [2.05, 4.69) is 13.8 Å². The Labute approximate surface area is 124 Å². The minimum atomic E-state index is -0.376. The van der Waals surface area contributed by atoms with Gasteiger partial charge in [0.25, 0.3) is 5.56 Å². The molecule has 0 aromatic carbocycles. The van der Waals surface area contributed by atoms with E-state index in [-0.39, 0.29) is 17.2 Å². The zero-order valence-electron chi connectivity index (χ0n) is 12.2. The molecule has 3 nitrogen and oxygen atoms in total. The smallest absolute Gasteiger partial charge is 0.253 e. The Morgan fingerprint density at radius 1 is 1.40 bits per heavy atom. The summed E-state index contributed by atoms with van der Waals surface area (Å²) in [5.41, 5.74) is 3.30. The van der Waals surface area contributed by atoms with Crippen molar-refractivity contribution in [2.24, 2.45) is 5.92 Å². The molecule has 0 spiro atoms. The first-order valence-electron chi connectivity index (χ1n) is 7.42. The fraction of sp³-hybridized carbons (Fsp3) is 0.625. The minimum Gasteiger partial charge on any atom is -0.312 e. The van der Waals surface area contributed by atoms with Crippen molar-refractivity contribution < 1.29 is 4.79 Å². The number of rotatable bonds is 6. The molecule has 0 N–H and O–H groups in total. The first-order chi connectivity index (χ1) is 9.49. The molecule has 0 radical (unpaired) electrons. The molecule has 1 aromatic heterocycles. The van der Waals surface area contributed by atoms with Crippen molar-refractivity contribution >= 4 is 16.8 Å². The van der Waals surface area contributed by atoms with Crippen molar-refractivity contribution in [1.82, 2.24) is 4.57 Å². The van der Waals surface area contributed by atoms with Gasteiger partial charge in [0.15, 0.2) is 0 Å². The van der Waals surface area contributed by atoms with Crippen LogP contribution in [0.3, 0.4) is 0 Å². The van der Waals surface area contributed by atoms with Crippen LogP contribution in [-0.4, -0.2) is 9.81 Å². The summed E-state index contributed by atoms with van der Waals surface area (Å²) in [4.78, 5) is 23.5. The molecule has 1 heterocycles. The maximum atomic E-state index is 12.6. The lowest BCUT2D eigenvalue weighted by molar-refractivity contribution is -0.111. The number of halogens is 1. The first kappa shape index (κ1) is 15.3. The van der Waals surface area contributed by atoms with E-state index < -0.39 is 0 Å². The van der Waals surface area contributed by atoms with Gasteiger partial charge in [-0.1, -0.05) is 13.8 Å². The number of carbonyl (C=O) groups excluding carboxylic acids is 1. The van der Waals surface area contributed by atoms with Crippen molar-refractivity contribution in [2.75, 3.05) is 0 Å². The van der Waals surface area contributed by atoms with Gasteiger partial charge in [-0.05, 0) is 61.3 Å². The van der Waals surface area contributed by atoms with Crippen molar-refractivity contribution in [2.45, 2.75) is 58.9 Å². The largest absolute Gasteiger partial charge is 0.312 e. The van der Waals surface area contributed by atoms with Crippen LogP contribution in [0.4, 0.5) is 0 Å². The topological polar surface area (TPSA) is 39.1 Å². The van der Waals surface area contributed by atoms with E-state index in [9.17, 15) is 9.59 Å². The summed E-state index contributed by atoms with van der Waals surface area (Å²) < 4.78 is 1.94. The van der Waals surface area contributed by atoms with Gasteiger partial charge in [-0.2, -0.15) is 0 Å². The summed E-state index contributed by atoms with van der Waals surface area (Å²) in [5, 5.41) is -0.376. The molecule has 4 heteroatoms. The Hall–Kier alpha value is -1.09. The van der Waals surface area contributed by atoms with Crippen LogP contribution in [0.15, 0.2) is 10.9 Å². The fourth-order valence-corrected chi connectivity index (χ4v) is 2.91. The SMILES string of the molecule is CC(C)CCn1c2c(cc(CCC(=O)Cl)c1=O)CCC2. The summed E-state index contributed by atoms with van der Waals surface area (Å²) in [6.07, 6.45) is 4.85. The van der Waals surface area contributed by atoms with Crippen LogP contribution in [-0.2, 0) is 30.6 Å². The first-order valence-corrected chi connectivity index (χ1v) is 7.79. The third kappa shape index (κ3) is 3.51. The third-order valence-corrected chi connectivity index (χ3v) is 4.13. The maximum Gasteiger partial charge on any atom is 0.253 e. The van der Waals surface area contributed by atoms with Gasteiger partial charge in [-0.15, -0.1) is 0 Å². The van der Waals surface area contributed by atoms with Gasteiger partial charge in [0.1, 0.15) is 0 Å². The predicted molar refractivity (Wildman–Crippen MR) is 81.4 cm³/mol. The van der Waals surface area contributed by atoms with Gasteiger partial charge in [-0.25, -0.2) is 0 Å². The number of pyridine rings is 1. The second-order valence-corrected chi connectivity index (χ2v) is 6.41. The molecule has 0 atom stereocenters. The number of nitrogens with zero attached hydrogens (tertiary/aromatic N) is 1. The Morgan fingerprint density at radius 2 is 2.15 bits per heavy atom. The second-order valence-electron chi connectivity index (χ2n) is 5.99.